The highest BCUT2D eigenvalue weighted by atomic mass is 35.5. The average Bonchev–Trinajstić information content (AvgIpc) is 2.76. The minimum absolute atomic E-state index is 0.408. The number of hydrogen-bond acceptors (Lipinski definition) is 3. The van der Waals surface area contributed by atoms with Gasteiger partial charge in [0, 0.05) is 0 Å². The van der Waals surface area contributed by atoms with Gasteiger partial charge in [-0.2, -0.15) is 0 Å². The average molecular weight is 273 g/mol. The fourth-order valence-corrected chi connectivity index (χ4v) is 2.13. The normalized spacial score (nSPS) is 11.1. The number of benzene rings is 1. The second kappa shape index (κ2) is 4.63. The second-order valence-electron chi connectivity index (χ2n) is 4.63. The predicted molar refractivity (Wildman–Crippen MR) is 75.4 cm³/mol. The number of hydrogen-bond donors (Lipinski definition) is 0. The summed E-state index contributed by atoms with van der Waals surface area (Å²) in [6, 6.07) is 4.26. The van der Waals surface area contributed by atoms with Crippen molar-refractivity contribution in [1.82, 2.24) is 19.5 Å². The first-order valence-corrected chi connectivity index (χ1v) is 6.40. The van der Waals surface area contributed by atoms with Crippen LogP contribution in [0.4, 0.5) is 0 Å². The number of fused-ring (bicyclic) bond motifs is 1. The fourth-order valence-electron chi connectivity index (χ4n) is 2.03. The van der Waals surface area contributed by atoms with Gasteiger partial charge < -0.3 is 4.57 Å². The molecule has 4 nitrogen and oxygen atoms in total. The Balaban J connectivity index is 2.01. The van der Waals surface area contributed by atoms with Crippen molar-refractivity contribution in [2.45, 2.75) is 20.4 Å². The van der Waals surface area contributed by atoms with E-state index in [9.17, 15) is 0 Å². The van der Waals surface area contributed by atoms with Crippen molar-refractivity contribution in [2.24, 2.45) is 0 Å². The molecular weight excluding hydrogens is 260 g/mol. The molecule has 0 amide bonds. The molecule has 0 aliphatic heterocycles. The molecule has 0 N–H and O–H groups in total. The molecule has 0 radical (unpaired) electrons. The maximum atomic E-state index is 5.73. The van der Waals surface area contributed by atoms with Gasteiger partial charge in [0.1, 0.15) is 5.15 Å². The number of aromatic nitrogens is 4. The SMILES string of the molecule is Cc1cc2ncn(Cc3cnc(Cl)cn3)c2cc1C. The highest BCUT2D eigenvalue weighted by Crippen LogP contribution is 2.19. The zero-order valence-corrected chi connectivity index (χ0v) is 11.5. The molecule has 0 fully saturated rings. The van der Waals surface area contributed by atoms with Crippen LogP contribution in [0, 0.1) is 13.8 Å². The van der Waals surface area contributed by atoms with Crippen LogP contribution in [0.1, 0.15) is 16.8 Å². The maximum Gasteiger partial charge on any atom is 0.147 e. The summed E-state index contributed by atoms with van der Waals surface area (Å²) in [6.45, 7) is 4.84. The minimum atomic E-state index is 0.408. The molecule has 0 aliphatic carbocycles. The van der Waals surface area contributed by atoms with Crippen molar-refractivity contribution in [3.8, 4) is 0 Å². The molecule has 2 heterocycles. The number of halogens is 1. The molecule has 0 saturated heterocycles. The molecule has 3 rings (SSSR count). The molecule has 0 bridgehead atoms. The van der Waals surface area contributed by atoms with Crippen LogP contribution in [-0.2, 0) is 6.54 Å². The van der Waals surface area contributed by atoms with Crippen molar-refractivity contribution in [2.75, 3.05) is 0 Å². The van der Waals surface area contributed by atoms with E-state index in [1.165, 1.54) is 11.1 Å². The van der Waals surface area contributed by atoms with Crippen molar-refractivity contribution in [3.05, 3.63) is 52.8 Å². The molecule has 0 unspecified atom stereocenters. The van der Waals surface area contributed by atoms with Gasteiger partial charge in [0.15, 0.2) is 0 Å². The summed E-state index contributed by atoms with van der Waals surface area (Å²) in [6.07, 6.45) is 5.08. The molecule has 1 aromatic carbocycles. The van der Waals surface area contributed by atoms with Crippen molar-refractivity contribution >= 4 is 22.6 Å². The smallest absolute Gasteiger partial charge is 0.147 e. The van der Waals surface area contributed by atoms with E-state index in [1.54, 1.807) is 12.4 Å². The highest BCUT2D eigenvalue weighted by molar-refractivity contribution is 6.29. The third kappa shape index (κ3) is 2.31. The summed E-state index contributed by atoms with van der Waals surface area (Å²) in [5.41, 5.74) is 5.49. The first-order chi connectivity index (χ1) is 9.13. The Hall–Kier alpha value is -1.94. The van der Waals surface area contributed by atoms with E-state index in [-0.39, 0.29) is 0 Å². The van der Waals surface area contributed by atoms with Crippen LogP contribution in [0.25, 0.3) is 11.0 Å². The molecule has 2 aromatic heterocycles. The Kier molecular flexibility index (Phi) is 2.95. The molecule has 0 atom stereocenters. The van der Waals surface area contributed by atoms with Crippen molar-refractivity contribution < 1.29 is 0 Å². The predicted octanol–water partition coefficient (Wildman–Crippen LogP) is 3.14. The minimum Gasteiger partial charge on any atom is -0.324 e. The van der Waals surface area contributed by atoms with Crippen LogP contribution in [0.3, 0.4) is 0 Å². The molecule has 3 aromatic rings. The standard InChI is InChI=1S/C14H13ClN4/c1-9-3-12-13(4-10(9)2)19(8-18-12)7-11-5-17-14(15)6-16-11/h3-6,8H,7H2,1-2H3. The summed E-state index contributed by atoms with van der Waals surface area (Å²) in [5.74, 6) is 0. The Labute approximate surface area is 116 Å². The zero-order valence-electron chi connectivity index (χ0n) is 10.8. The van der Waals surface area contributed by atoms with Gasteiger partial charge in [-0.25, -0.2) is 9.97 Å². The number of aryl methyl sites for hydroxylation is 2. The summed E-state index contributed by atoms with van der Waals surface area (Å²) in [7, 11) is 0. The number of rotatable bonds is 2. The summed E-state index contributed by atoms with van der Waals surface area (Å²) in [5, 5.41) is 0.408. The van der Waals surface area contributed by atoms with Crippen LogP contribution in [-0.4, -0.2) is 19.5 Å². The van der Waals surface area contributed by atoms with E-state index in [0.717, 1.165) is 16.7 Å². The number of imidazole rings is 1. The quantitative estimate of drug-likeness (QED) is 0.720. The Morgan fingerprint density at radius 3 is 2.58 bits per heavy atom. The monoisotopic (exact) mass is 272 g/mol. The molecular formula is C14H13ClN4. The van der Waals surface area contributed by atoms with Crippen molar-refractivity contribution in [1.29, 1.82) is 0 Å². The van der Waals surface area contributed by atoms with E-state index in [1.807, 2.05) is 6.33 Å². The van der Waals surface area contributed by atoms with Gasteiger partial charge in [-0.05, 0) is 37.1 Å². The van der Waals surface area contributed by atoms with Crippen LogP contribution in [0.5, 0.6) is 0 Å². The largest absolute Gasteiger partial charge is 0.324 e. The Bertz CT molecular complexity index is 731. The van der Waals surface area contributed by atoms with Crippen molar-refractivity contribution in [3.63, 3.8) is 0 Å². The first kappa shape index (κ1) is 12.1. The topological polar surface area (TPSA) is 43.6 Å². The lowest BCUT2D eigenvalue weighted by atomic mass is 10.1. The molecule has 96 valence electrons. The molecule has 0 aliphatic rings. The van der Waals surface area contributed by atoms with Gasteiger partial charge in [0.2, 0.25) is 0 Å². The highest BCUT2D eigenvalue weighted by Gasteiger charge is 2.06. The van der Waals surface area contributed by atoms with Crippen LogP contribution < -0.4 is 0 Å². The Morgan fingerprint density at radius 1 is 1.05 bits per heavy atom. The van der Waals surface area contributed by atoms with Crippen LogP contribution >= 0.6 is 11.6 Å². The Morgan fingerprint density at radius 2 is 1.84 bits per heavy atom. The van der Waals surface area contributed by atoms with E-state index < -0.39 is 0 Å². The lowest BCUT2D eigenvalue weighted by Gasteiger charge is -2.05. The van der Waals surface area contributed by atoms with Gasteiger partial charge in [0.25, 0.3) is 0 Å². The van der Waals surface area contributed by atoms with Gasteiger partial charge in [-0.1, -0.05) is 11.6 Å². The number of nitrogens with zero attached hydrogens (tertiary/aromatic N) is 4. The van der Waals surface area contributed by atoms with Crippen LogP contribution in [0.2, 0.25) is 5.15 Å². The lowest BCUT2D eigenvalue weighted by molar-refractivity contribution is 0.790. The third-order valence-electron chi connectivity index (χ3n) is 3.24. The maximum absolute atomic E-state index is 5.73. The molecule has 0 spiro atoms. The molecule has 0 saturated carbocycles. The van der Waals surface area contributed by atoms with Gasteiger partial charge in [-0.3, -0.25) is 4.98 Å². The summed E-state index contributed by atoms with van der Waals surface area (Å²) >= 11 is 5.73. The van der Waals surface area contributed by atoms with E-state index in [2.05, 4.69) is 45.5 Å². The lowest BCUT2D eigenvalue weighted by Crippen LogP contribution is -2.01. The van der Waals surface area contributed by atoms with E-state index >= 15 is 0 Å². The third-order valence-corrected chi connectivity index (χ3v) is 3.44. The summed E-state index contributed by atoms with van der Waals surface area (Å²) < 4.78 is 2.07. The molecule has 5 heteroatoms. The zero-order chi connectivity index (χ0) is 13.4. The first-order valence-electron chi connectivity index (χ1n) is 6.02. The second-order valence-corrected chi connectivity index (χ2v) is 5.02. The summed E-state index contributed by atoms with van der Waals surface area (Å²) in [4.78, 5) is 12.7. The van der Waals surface area contributed by atoms with Gasteiger partial charge in [0.05, 0.1) is 42.0 Å². The fraction of sp³-hybridized carbons (Fsp3) is 0.214. The van der Waals surface area contributed by atoms with Gasteiger partial charge >= 0.3 is 0 Å². The van der Waals surface area contributed by atoms with Gasteiger partial charge in [-0.15, -0.1) is 0 Å². The molecule has 19 heavy (non-hydrogen) atoms. The van der Waals surface area contributed by atoms with Crippen LogP contribution in [0.15, 0.2) is 30.9 Å². The van der Waals surface area contributed by atoms with E-state index in [0.29, 0.717) is 11.7 Å². The van der Waals surface area contributed by atoms with E-state index in [4.69, 9.17) is 11.6 Å².